The number of carbonyl (C=O) groups is 1. The number of benzene rings is 1. The minimum absolute atomic E-state index is 0.0103. The monoisotopic (exact) mass is 334 g/mol. The van der Waals surface area contributed by atoms with Crippen LogP contribution in [0, 0.1) is 20.8 Å². The van der Waals surface area contributed by atoms with Crippen molar-refractivity contribution in [1.82, 2.24) is 4.98 Å². The molecule has 0 fully saturated rings. The summed E-state index contributed by atoms with van der Waals surface area (Å²) in [7, 11) is 0. The molecule has 2 rings (SSSR count). The van der Waals surface area contributed by atoms with Crippen LogP contribution in [0.4, 0.5) is 5.69 Å². The first-order valence-corrected chi connectivity index (χ1v) is 8.56. The molecule has 1 heterocycles. The fourth-order valence-electron chi connectivity index (χ4n) is 2.28. The number of anilines is 1. The highest BCUT2D eigenvalue weighted by molar-refractivity contribution is 7.99. The lowest BCUT2D eigenvalue weighted by molar-refractivity contribution is -0.113. The van der Waals surface area contributed by atoms with Gasteiger partial charge in [-0.15, -0.1) is 11.8 Å². The van der Waals surface area contributed by atoms with Crippen molar-refractivity contribution in [3.63, 3.8) is 0 Å². The molecule has 0 saturated heterocycles. The molecular formula is C17H19ClN2OS. The summed E-state index contributed by atoms with van der Waals surface area (Å²) < 4.78 is 0. The van der Waals surface area contributed by atoms with Crippen molar-refractivity contribution >= 4 is 35.0 Å². The summed E-state index contributed by atoms with van der Waals surface area (Å²) in [5.41, 5.74) is 4.79. The van der Waals surface area contributed by atoms with Crippen LogP contribution < -0.4 is 5.32 Å². The molecule has 0 radical (unpaired) electrons. The van der Waals surface area contributed by atoms with Gasteiger partial charge in [-0.3, -0.25) is 9.78 Å². The molecule has 0 saturated carbocycles. The maximum absolute atomic E-state index is 12.1. The molecule has 5 heteroatoms. The molecule has 3 nitrogen and oxygen atoms in total. The van der Waals surface area contributed by atoms with Crippen LogP contribution in [0.25, 0.3) is 0 Å². The van der Waals surface area contributed by atoms with Crippen LogP contribution in [0.15, 0.2) is 30.3 Å². The van der Waals surface area contributed by atoms with Crippen LogP contribution >= 0.6 is 23.4 Å². The number of aromatic nitrogens is 1. The minimum Gasteiger partial charge on any atom is -0.324 e. The third kappa shape index (κ3) is 4.75. The lowest BCUT2D eigenvalue weighted by Crippen LogP contribution is -2.16. The van der Waals surface area contributed by atoms with Crippen LogP contribution in [-0.2, 0) is 10.5 Å². The van der Waals surface area contributed by atoms with E-state index >= 15 is 0 Å². The Morgan fingerprint density at radius 3 is 2.73 bits per heavy atom. The zero-order valence-corrected chi connectivity index (χ0v) is 14.5. The second-order valence-corrected chi connectivity index (χ2v) is 6.63. The van der Waals surface area contributed by atoms with Gasteiger partial charge in [0.1, 0.15) is 0 Å². The molecule has 0 aliphatic carbocycles. The van der Waals surface area contributed by atoms with E-state index in [1.165, 1.54) is 0 Å². The summed E-state index contributed by atoms with van der Waals surface area (Å²) in [5, 5.41) is 3.68. The van der Waals surface area contributed by atoms with Crippen molar-refractivity contribution in [3.8, 4) is 0 Å². The van der Waals surface area contributed by atoms with E-state index in [0.29, 0.717) is 5.75 Å². The lowest BCUT2D eigenvalue weighted by atomic mass is 10.1. The zero-order chi connectivity index (χ0) is 16.1. The third-order valence-electron chi connectivity index (χ3n) is 3.18. The van der Waals surface area contributed by atoms with E-state index in [1.54, 1.807) is 11.8 Å². The summed E-state index contributed by atoms with van der Waals surface area (Å²) >= 11 is 7.51. The van der Waals surface area contributed by atoms with Gasteiger partial charge in [0.25, 0.3) is 0 Å². The van der Waals surface area contributed by atoms with Gasteiger partial charge in [0.05, 0.1) is 17.1 Å². The number of halogens is 1. The summed E-state index contributed by atoms with van der Waals surface area (Å²) in [6.07, 6.45) is 0. The molecule has 0 aliphatic heterocycles. The lowest BCUT2D eigenvalue weighted by Gasteiger charge is -2.12. The SMILES string of the molecule is Cc1cc(C)c(NC(=O)CSCc2cccc(Cl)c2)c(C)n1. The van der Waals surface area contributed by atoms with Crippen molar-refractivity contribution in [1.29, 1.82) is 0 Å². The number of carbonyl (C=O) groups excluding carboxylic acids is 1. The van der Waals surface area contributed by atoms with Crippen LogP contribution in [-0.4, -0.2) is 16.6 Å². The van der Waals surface area contributed by atoms with Gasteiger partial charge < -0.3 is 5.32 Å². The number of aryl methyl sites for hydroxylation is 3. The van der Waals surface area contributed by atoms with E-state index in [1.807, 2.05) is 51.1 Å². The van der Waals surface area contributed by atoms with E-state index in [4.69, 9.17) is 11.6 Å². The molecule has 1 amide bonds. The maximum atomic E-state index is 12.1. The predicted octanol–water partition coefficient (Wildman–Crippen LogP) is 4.53. The van der Waals surface area contributed by atoms with Crippen molar-refractivity contribution in [2.45, 2.75) is 26.5 Å². The van der Waals surface area contributed by atoms with Gasteiger partial charge in [-0.25, -0.2) is 0 Å². The predicted molar refractivity (Wildman–Crippen MR) is 94.7 cm³/mol. The summed E-state index contributed by atoms with van der Waals surface area (Å²) in [6, 6.07) is 9.67. The average Bonchev–Trinajstić information content (AvgIpc) is 2.43. The quantitative estimate of drug-likeness (QED) is 0.873. The highest BCUT2D eigenvalue weighted by Crippen LogP contribution is 2.20. The van der Waals surface area contributed by atoms with Crippen LogP contribution in [0.1, 0.15) is 22.5 Å². The van der Waals surface area contributed by atoms with Crippen molar-refractivity contribution in [2.75, 3.05) is 11.1 Å². The van der Waals surface area contributed by atoms with Gasteiger partial charge >= 0.3 is 0 Å². The largest absolute Gasteiger partial charge is 0.324 e. The first kappa shape index (κ1) is 16.8. The fraction of sp³-hybridized carbons (Fsp3) is 0.294. The normalized spacial score (nSPS) is 10.5. The standard InChI is InChI=1S/C17H19ClN2OS/c1-11-7-12(2)19-13(3)17(11)20-16(21)10-22-9-14-5-4-6-15(18)8-14/h4-8H,9-10H2,1-3H3,(H,20,21). The molecule has 2 aromatic rings. The van der Waals surface area contributed by atoms with Crippen LogP contribution in [0.5, 0.6) is 0 Å². The van der Waals surface area contributed by atoms with Gasteiger partial charge in [-0.05, 0) is 50.1 Å². The van der Waals surface area contributed by atoms with E-state index < -0.39 is 0 Å². The number of rotatable bonds is 5. The summed E-state index contributed by atoms with van der Waals surface area (Å²) in [5.74, 6) is 1.15. The average molecular weight is 335 g/mol. The molecule has 22 heavy (non-hydrogen) atoms. The van der Waals surface area contributed by atoms with E-state index in [-0.39, 0.29) is 5.91 Å². The number of hydrogen-bond donors (Lipinski definition) is 1. The van der Waals surface area contributed by atoms with Crippen molar-refractivity contribution < 1.29 is 4.79 Å². The second kappa shape index (κ2) is 7.65. The van der Waals surface area contributed by atoms with Gasteiger partial charge in [-0.2, -0.15) is 0 Å². The Balaban J connectivity index is 1.89. The Morgan fingerprint density at radius 1 is 1.27 bits per heavy atom. The summed E-state index contributed by atoms with van der Waals surface area (Å²) in [6.45, 7) is 5.84. The Kier molecular flexibility index (Phi) is 5.86. The number of amides is 1. The van der Waals surface area contributed by atoms with Crippen molar-refractivity contribution in [3.05, 3.63) is 57.9 Å². The minimum atomic E-state index is -0.0103. The smallest absolute Gasteiger partial charge is 0.234 e. The Bertz CT molecular complexity index is 665. The molecule has 0 spiro atoms. The molecule has 0 bridgehead atoms. The van der Waals surface area contributed by atoms with Gasteiger partial charge in [-0.1, -0.05) is 23.7 Å². The molecular weight excluding hydrogens is 316 g/mol. The summed E-state index contributed by atoms with van der Waals surface area (Å²) in [4.78, 5) is 16.5. The van der Waals surface area contributed by atoms with E-state index in [2.05, 4.69) is 10.3 Å². The topological polar surface area (TPSA) is 42.0 Å². The molecule has 0 unspecified atom stereocenters. The zero-order valence-electron chi connectivity index (χ0n) is 12.9. The van der Waals surface area contributed by atoms with Gasteiger partial charge in [0, 0.05) is 16.5 Å². The molecule has 1 aromatic heterocycles. The molecule has 116 valence electrons. The maximum Gasteiger partial charge on any atom is 0.234 e. The molecule has 1 aromatic carbocycles. The Labute approximate surface area is 140 Å². The number of nitrogens with zero attached hydrogens (tertiary/aromatic N) is 1. The van der Waals surface area contributed by atoms with Gasteiger partial charge in [0.2, 0.25) is 5.91 Å². The van der Waals surface area contributed by atoms with Crippen LogP contribution in [0.3, 0.4) is 0 Å². The molecule has 0 aliphatic rings. The van der Waals surface area contributed by atoms with E-state index in [9.17, 15) is 4.79 Å². The number of pyridine rings is 1. The third-order valence-corrected chi connectivity index (χ3v) is 4.42. The number of nitrogens with one attached hydrogen (secondary N) is 1. The van der Waals surface area contributed by atoms with Gasteiger partial charge in [0.15, 0.2) is 0 Å². The number of thioether (sulfide) groups is 1. The first-order chi connectivity index (χ1) is 10.5. The molecule has 0 atom stereocenters. The Morgan fingerprint density at radius 2 is 2.05 bits per heavy atom. The highest BCUT2D eigenvalue weighted by Gasteiger charge is 2.09. The fourth-order valence-corrected chi connectivity index (χ4v) is 3.26. The first-order valence-electron chi connectivity index (χ1n) is 7.02. The van der Waals surface area contributed by atoms with E-state index in [0.717, 1.165) is 39.0 Å². The number of hydrogen-bond acceptors (Lipinski definition) is 3. The van der Waals surface area contributed by atoms with Crippen molar-refractivity contribution in [2.24, 2.45) is 0 Å². The second-order valence-electron chi connectivity index (χ2n) is 5.21. The highest BCUT2D eigenvalue weighted by atomic mass is 35.5. The van der Waals surface area contributed by atoms with Crippen LogP contribution in [0.2, 0.25) is 5.02 Å². The molecule has 1 N–H and O–H groups in total. The Hall–Kier alpha value is -1.52.